The molecule has 1 unspecified atom stereocenters. The van der Waals surface area contributed by atoms with Gasteiger partial charge in [-0.25, -0.2) is 4.98 Å². The largest absolute Gasteiger partial charge is 0.353 e. The summed E-state index contributed by atoms with van der Waals surface area (Å²) in [6, 6.07) is 4.88. The van der Waals surface area contributed by atoms with Crippen molar-refractivity contribution in [2.45, 2.75) is 13.0 Å². The number of benzene rings is 1. The van der Waals surface area contributed by atoms with Gasteiger partial charge in [-0.05, 0) is 19.2 Å². The van der Waals surface area contributed by atoms with E-state index in [1.54, 1.807) is 17.8 Å². The first kappa shape index (κ1) is 12.7. The van der Waals surface area contributed by atoms with Crippen LogP contribution in [-0.4, -0.2) is 32.9 Å². The van der Waals surface area contributed by atoms with E-state index >= 15 is 0 Å². The number of hydrogen-bond acceptors (Lipinski definition) is 5. The fourth-order valence-corrected chi connectivity index (χ4v) is 2.29. The third-order valence-corrected chi connectivity index (χ3v) is 3.31. The second-order valence-electron chi connectivity index (χ2n) is 4.04. The number of nitrogens with one attached hydrogen (secondary N) is 2. The Labute approximate surface area is 108 Å². The van der Waals surface area contributed by atoms with Crippen LogP contribution in [0.4, 0.5) is 11.6 Å². The molecule has 1 heterocycles. The highest BCUT2D eigenvalue weighted by molar-refractivity contribution is 7.98. The predicted octanol–water partition coefficient (Wildman–Crippen LogP) is 2.63. The van der Waals surface area contributed by atoms with Crippen LogP contribution in [0.1, 0.15) is 6.92 Å². The summed E-state index contributed by atoms with van der Waals surface area (Å²) in [5, 5.41) is 13.9. The van der Waals surface area contributed by atoms with Gasteiger partial charge in [-0.15, -0.1) is 0 Å². The summed E-state index contributed by atoms with van der Waals surface area (Å²) in [7, 11) is 0. The van der Waals surface area contributed by atoms with Gasteiger partial charge < -0.3 is 10.3 Å². The highest BCUT2D eigenvalue weighted by Crippen LogP contribution is 2.20. The third-order valence-electron chi connectivity index (χ3n) is 2.48. The number of aromatic nitrogens is 2. The zero-order valence-corrected chi connectivity index (χ0v) is 11.0. The summed E-state index contributed by atoms with van der Waals surface area (Å²) >= 11 is 1.75. The minimum atomic E-state index is -0.413. The lowest BCUT2D eigenvalue weighted by molar-refractivity contribution is -0.384. The smallest absolute Gasteiger partial charge is 0.271 e. The van der Waals surface area contributed by atoms with Crippen molar-refractivity contribution in [1.82, 2.24) is 9.97 Å². The number of aromatic amines is 1. The SMILES string of the molecule is CSCC(C)Nc1nc2ccc([N+](=O)[O-])cc2[nH]1. The van der Waals surface area contributed by atoms with Gasteiger partial charge in [-0.3, -0.25) is 10.1 Å². The molecule has 2 rings (SSSR count). The van der Waals surface area contributed by atoms with Crippen molar-refractivity contribution in [1.29, 1.82) is 0 Å². The number of nitrogens with zero attached hydrogens (tertiary/aromatic N) is 2. The third kappa shape index (κ3) is 2.73. The molecule has 2 aromatic rings. The minimum absolute atomic E-state index is 0.0647. The van der Waals surface area contributed by atoms with Crippen LogP contribution in [0.5, 0.6) is 0 Å². The van der Waals surface area contributed by atoms with Gasteiger partial charge >= 0.3 is 0 Å². The Morgan fingerprint density at radius 3 is 3.06 bits per heavy atom. The van der Waals surface area contributed by atoms with Crippen LogP contribution in [0.3, 0.4) is 0 Å². The van der Waals surface area contributed by atoms with E-state index in [1.165, 1.54) is 12.1 Å². The van der Waals surface area contributed by atoms with Crippen molar-refractivity contribution < 1.29 is 4.92 Å². The van der Waals surface area contributed by atoms with Crippen molar-refractivity contribution in [3.63, 3.8) is 0 Å². The van der Waals surface area contributed by atoms with Crippen molar-refractivity contribution >= 4 is 34.4 Å². The Bertz CT molecular complexity index is 569. The first-order valence-corrected chi connectivity index (χ1v) is 6.89. The van der Waals surface area contributed by atoms with Crippen molar-refractivity contribution in [3.05, 3.63) is 28.3 Å². The van der Waals surface area contributed by atoms with E-state index < -0.39 is 4.92 Å². The van der Waals surface area contributed by atoms with E-state index in [-0.39, 0.29) is 11.7 Å². The van der Waals surface area contributed by atoms with E-state index in [0.717, 1.165) is 11.3 Å². The Morgan fingerprint density at radius 2 is 2.39 bits per heavy atom. The number of rotatable bonds is 5. The molecule has 18 heavy (non-hydrogen) atoms. The van der Waals surface area contributed by atoms with Crippen LogP contribution in [0.15, 0.2) is 18.2 Å². The molecule has 96 valence electrons. The molecule has 7 heteroatoms. The van der Waals surface area contributed by atoms with Crippen molar-refractivity contribution in [2.24, 2.45) is 0 Å². The van der Waals surface area contributed by atoms with Crippen LogP contribution in [0.2, 0.25) is 0 Å². The van der Waals surface area contributed by atoms with Gasteiger partial charge in [0.15, 0.2) is 0 Å². The molecule has 0 spiro atoms. The zero-order chi connectivity index (χ0) is 13.1. The fourth-order valence-electron chi connectivity index (χ4n) is 1.70. The standard InChI is InChI=1S/C11H14N4O2S/c1-7(6-18-2)12-11-13-9-4-3-8(15(16)17)5-10(9)14-11/h3-5,7H,6H2,1-2H3,(H2,12,13,14). The van der Waals surface area contributed by atoms with Gasteiger partial charge in [0.25, 0.3) is 5.69 Å². The summed E-state index contributed by atoms with van der Waals surface area (Å²) in [5.41, 5.74) is 1.46. The summed E-state index contributed by atoms with van der Waals surface area (Å²) in [6.07, 6.45) is 2.04. The van der Waals surface area contributed by atoms with E-state index in [1.807, 2.05) is 6.26 Å². The monoisotopic (exact) mass is 266 g/mol. The molecule has 1 atom stereocenters. The number of anilines is 1. The number of fused-ring (bicyclic) bond motifs is 1. The molecular weight excluding hydrogens is 252 g/mol. The molecule has 0 fully saturated rings. The molecule has 0 aliphatic rings. The first-order valence-electron chi connectivity index (χ1n) is 5.50. The Morgan fingerprint density at radius 1 is 1.61 bits per heavy atom. The van der Waals surface area contributed by atoms with E-state index in [0.29, 0.717) is 11.5 Å². The van der Waals surface area contributed by atoms with Gasteiger partial charge in [0.2, 0.25) is 5.95 Å². The first-order chi connectivity index (χ1) is 8.60. The van der Waals surface area contributed by atoms with Crippen LogP contribution in [0.25, 0.3) is 11.0 Å². The molecule has 0 radical (unpaired) electrons. The molecule has 0 aliphatic heterocycles. The molecular formula is C11H14N4O2S. The summed E-state index contributed by atoms with van der Waals surface area (Å²) in [6.45, 7) is 2.06. The lowest BCUT2D eigenvalue weighted by Crippen LogP contribution is -2.18. The topological polar surface area (TPSA) is 83.8 Å². The van der Waals surface area contributed by atoms with Crippen LogP contribution < -0.4 is 5.32 Å². The van der Waals surface area contributed by atoms with Gasteiger partial charge in [0.1, 0.15) is 0 Å². The number of nitro groups is 1. The number of non-ortho nitro benzene ring substituents is 1. The second-order valence-corrected chi connectivity index (χ2v) is 4.96. The molecule has 2 N–H and O–H groups in total. The quantitative estimate of drug-likeness (QED) is 0.642. The lowest BCUT2D eigenvalue weighted by Gasteiger charge is -2.10. The highest BCUT2D eigenvalue weighted by Gasteiger charge is 2.10. The Hall–Kier alpha value is -1.76. The maximum absolute atomic E-state index is 10.7. The van der Waals surface area contributed by atoms with Gasteiger partial charge in [-0.2, -0.15) is 11.8 Å². The second kappa shape index (κ2) is 5.26. The van der Waals surface area contributed by atoms with E-state index in [9.17, 15) is 10.1 Å². The number of thioether (sulfide) groups is 1. The number of nitro benzene ring substituents is 1. The Balaban J connectivity index is 2.24. The van der Waals surface area contributed by atoms with Crippen LogP contribution >= 0.6 is 11.8 Å². The average molecular weight is 266 g/mol. The van der Waals surface area contributed by atoms with Crippen molar-refractivity contribution in [2.75, 3.05) is 17.3 Å². The van der Waals surface area contributed by atoms with Crippen LogP contribution in [0, 0.1) is 10.1 Å². The molecule has 6 nitrogen and oxygen atoms in total. The summed E-state index contributed by atoms with van der Waals surface area (Å²) < 4.78 is 0. The van der Waals surface area contributed by atoms with E-state index in [2.05, 4.69) is 22.2 Å². The number of imidazole rings is 1. The number of hydrogen-bond donors (Lipinski definition) is 2. The highest BCUT2D eigenvalue weighted by atomic mass is 32.2. The van der Waals surface area contributed by atoms with Crippen molar-refractivity contribution in [3.8, 4) is 0 Å². The Kier molecular flexibility index (Phi) is 3.71. The lowest BCUT2D eigenvalue weighted by atomic mass is 10.3. The molecule has 0 amide bonds. The van der Waals surface area contributed by atoms with E-state index in [4.69, 9.17) is 0 Å². The van der Waals surface area contributed by atoms with Gasteiger partial charge in [-0.1, -0.05) is 0 Å². The predicted molar refractivity (Wildman–Crippen MR) is 74.2 cm³/mol. The maximum Gasteiger partial charge on any atom is 0.271 e. The summed E-state index contributed by atoms with van der Waals surface area (Å²) in [4.78, 5) is 17.6. The molecule has 0 saturated carbocycles. The molecule has 1 aromatic carbocycles. The maximum atomic E-state index is 10.7. The summed E-state index contributed by atoms with van der Waals surface area (Å²) in [5.74, 6) is 1.61. The van der Waals surface area contributed by atoms with Crippen LogP contribution in [-0.2, 0) is 0 Å². The normalized spacial score (nSPS) is 12.6. The fraction of sp³-hybridized carbons (Fsp3) is 0.364. The molecule has 0 bridgehead atoms. The van der Waals surface area contributed by atoms with Gasteiger partial charge in [0, 0.05) is 23.9 Å². The zero-order valence-electron chi connectivity index (χ0n) is 10.1. The molecule has 0 saturated heterocycles. The number of H-pyrrole nitrogens is 1. The average Bonchev–Trinajstić information content (AvgIpc) is 2.69. The molecule has 1 aromatic heterocycles. The minimum Gasteiger partial charge on any atom is -0.353 e. The van der Waals surface area contributed by atoms with Gasteiger partial charge in [0.05, 0.1) is 16.0 Å². The molecule has 0 aliphatic carbocycles.